The summed E-state index contributed by atoms with van der Waals surface area (Å²) in [6, 6.07) is 0. The molecule has 1 aliphatic carbocycles. The summed E-state index contributed by atoms with van der Waals surface area (Å²) in [7, 11) is 1.74. The molecule has 90 valence electrons. The lowest BCUT2D eigenvalue weighted by atomic mass is 9.79. The van der Waals surface area contributed by atoms with E-state index >= 15 is 0 Å². The van der Waals surface area contributed by atoms with Crippen LogP contribution >= 0.6 is 0 Å². The Morgan fingerprint density at radius 3 is 2.67 bits per heavy atom. The van der Waals surface area contributed by atoms with Crippen molar-refractivity contribution in [3.05, 3.63) is 0 Å². The fourth-order valence-corrected chi connectivity index (χ4v) is 2.42. The molecule has 1 saturated carbocycles. The highest BCUT2D eigenvalue weighted by Gasteiger charge is 2.23. The summed E-state index contributed by atoms with van der Waals surface area (Å²) < 4.78 is 5.00. The van der Waals surface area contributed by atoms with E-state index in [-0.39, 0.29) is 0 Å². The Kier molecular flexibility index (Phi) is 6.98. The number of rotatable bonds is 7. The van der Waals surface area contributed by atoms with Gasteiger partial charge in [-0.15, -0.1) is 0 Å². The van der Waals surface area contributed by atoms with E-state index in [1.165, 1.54) is 25.7 Å². The molecule has 0 aliphatic heterocycles. The Hall–Kier alpha value is -0.120. The normalized spacial score (nSPS) is 26.8. The van der Waals surface area contributed by atoms with E-state index in [1.54, 1.807) is 7.11 Å². The minimum atomic E-state index is 0.365. The molecule has 0 bridgehead atoms. The summed E-state index contributed by atoms with van der Waals surface area (Å²) >= 11 is 0. The van der Waals surface area contributed by atoms with Crippen LogP contribution in [-0.2, 0) is 4.74 Å². The quantitative estimate of drug-likeness (QED) is 0.631. The first-order valence-corrected chi connectivity index (χ1v) is 6.19. The molecule has 2 N–H and O–H groups in total. The Morgan fingerprint density at radius 1 is 1.27 bits per heavy atom. The molecular weight excluding hydrogens is 190 g/mol. The molecule has 2 atom stereocenters. The van der Waals surface area contributed by atoms with Gasteiger partial charge in [-0.1, -0.05) is 12.8 Å². The van der Waals surface area contributed by atoms with Crippen LogP contribution in [0.25, 0.3) is 0 Å². The molecule has 0 radical (unpaired) electrons. The van der Waals surface area contributed by atoms with Crippen LogP contribution in [0.4, 0.5) is 0 Å². The highest BCUT2D eigenvalue weighted by molar-refractivity contribution is 4.76. The Morgan fingerprint density at radius 2 is 2.00 bits per heavy atom. The Balaban J connectivity index is 2.07. The summed E-state index contributed by atoms with van der Waals surface area (Å²) in [5.74, 6) is 1.22. The van der Waals surface area contributed by atoms with E-state index in [2.05, 4.69) is 5.32 Å². The number of aliphatic hydroxyl groups excluding tert-OH is 1. The van der Waals surface area contributed by atoms with Gasteiger partial charge < -0.3 is 15.2 Å². The largest absolute Gasteiger partial charge is 0.396 e. The summed E-state index contributed by atoms with van der Waals surface area (Å²) in [5, 5.41) is 12.7. The van der Waals surface area contributed by atoms with Crippen molar-refractivity contribution in [2.24, 2.45) is 11.8 Å². The number of ether oxygens (including phenoxy) is 1. The average Bonchev–Trinajstić information content (AvgIpc) is 2.29. The zero-order valence-corrected chi connectivity index (χ0v) is 9.87. The van der Waals surface area contributed by atoms with Gasteiger partial charge in [0.25, 0.3) is 0 Å². The van der Waals surface area contributed by atoms with Gasteiger partial charge in [0.2, 0.25) is 0 Å². The van der Waals surface area contributed by atoms with Gasteiger partial charge in [0.15, 0.2) is 0 Å². The lowest BCUT2D eigenvalue weighted by Gasteiger charge is -2.30. The van der Waals surface area contributed by atoms with Crippen molar-refractivity contribution in [1.29, 1.82) is 0 Å². The maximum atomic E-state index is 9.25. The van der Waals surface area contributed by atoms with E-state index in [0.29, 0.717) is 18.4 Å². The maximum Gasteiger partial charge on any atom is 0.0474 e. The van der Waals surface area contributed by atoms with Gasteiger partial charge >= 0.3 is 0 Å². The van der Waals surface area contributed by atoms with Gasteiger partial charge in [-0.3, -0.25) is 0 Å². The molecule has 1 fully saturated rings. The zero-order valence-electron chi connectivity index (χ0n) is 9.87. The fraction of sp³-hybridized carbons (Fsp3) is 1.00. The molecule has 3 nitrogen and oxygen atoms in total. The Labute approximate surface area is 93.2 Å². The molecule has 0 spiro atoms. The van der Waals surface area contributed by atoms with Crippen molar-refractivity contribution < 1.29 is 9.84 Å². The molecule has 3 heteroatoms. The molecule has 0 aromatic heterocycles. The zero-order chi connectivity index (χ0) is 10.9. The van der Waals surface area contributed by atoms with E-state index in [4.69, 9.17) is 4.74 Å². The number of methoxy groups -OCH3 is 1. The highest BCUT2D eigenvalue weighted by atomic mass is 16.5. The van der Waals surface area contributed by atoms with Gasteiger partial charge in [0.05, 0.1) is 0 Å². The van der Waals surface area contributed by atoms with Crippen LogP contribution < -0.4 is 5.32 Å². The van der Waals surface area contributed by atoms with Crippen molar-refractivity contribution in [3.8, 4) is 0 Å². The number of hydrogen-bond donors (Lipinski definition) is 2. The van der Waals surface area contributed by atoms with Crippen LogP contribution in [0, 0.1) is 11.8 Å². The number of aliphatic hydroxyl groups is 1. The minimum absolute atomic E-state index is 0.365. The topological polar surface area (TPSA) is 41.5 Å². The summed E-state index contributed by atoms with van der Waals surface area (Å²) in [4.78, 5) is 0. The minimum Gasteiger partial charge on any atom is -0.396 e. The summed E-state index contributed by atoms with van der Waals surface area (Å²) in [6.45, 7) is 3.29. The average molecular weight is 215 g/mol. The molecule has 1 rings (SSSR count). The van der Waals surface area contributed by atoms with E-state index in [1.807, 2.05) is 0 Å². The first kappa shape index (κ1) is 12.9. The molecule has 0 saturated heterocycles. The van der Waals surface area contributed by atoms with Crippen molar-refractivity contribution >= 4 is 0 Å². The van der Waals surface area contributed by atoms with Crippen LogP contribution in [0.3, 0.4) is 0 Å². The predicted molar refractivity (Wildman–Crippen MR) is 61.9 cm³/mol. The van der Waals surface area contributed by atoms with Gasteiger partial charge in [0, 0.05) is 20.3 Å². The maximum absolute atomic E-state index is 9.25. The number of nitrogens with one attached hydrogen (secondary N) is 1. The fourth-order valence-electron chi connectivity index (χ4n) is 2.42. The summed E-state index contributed by atoms with van der Waals surface area (Å²) in [5.41, 5.74) is 0. The van der Waals surface area contributed by atoms with Gasteiger partial charge in [-0.2, -0.15) is 0 Å². The van der Waals surface area contributed by atoms with Crippen LogP contribution in [0.5, 0.6) is 0 Å². The molecule has 0 heterocycles. The second-order valence-electron chi connectivity index (χ2n) is 4.54. The monoisotopic (exact) mass is 215 g/mol. The van der Waals surface area contributed by atoms with Gasteiger partial charge in [-0.05, 0) is 44.2 Å². The van der Waals surface area contributed by atoms with Gasteiger partial charge in [0.1, 0.15) is 0 Å². The molecule has 0 aromatic rings. The molecule has 2 unspecified atom stereocenters. The van der Waals surface area contributed by atoms with Crippen molar-refractivity contribution in [3.63, 3.8) is 0 Å². The van der Waals surface area contributed by atoms with E-state index in [0.717, 1.165) is 26.1 Å². The predicted octanol–water partition coefficient (Wildman–Crippen LogP) is 1.41. The molecule has 1 aliphatic rings. The Bertz CT molecular complexity index is 153. The molecule has 0 amide bonds. The number of hydrogen-bond acceptors (Lipinski definition) is 3. The van der Waals surface area contributed by atoms with Crippen LogP contribution in [0.2, 0.25) is 0 Å². The summed E-state index contributed by atoms with van der Waals surface area (Å²) in [6.07, 6.45) is 6.20. The molecule has 0 aromatic carbocycles. The standard InChI is InChI=1S/C12H25NO2/c1-15-8-4-7-13-9-11-5-2-3-6-12(11)10-14/h11-14H,2-10H2,1H3. The van der Waals surface area contributed by atoms with Crippen molar-refractivity contribution in [2.75, 3.05) is 33.4 Å². The SMILES string of the molecule is COCCCNCC1CCCCC1CO. The van der Waals surface area contributed by atoms with E-state index < -0.39 is 0 Å². The first-order valence-electron chi connectivity index (χ1n) is 6.19. The van der Waals surface area contributed by atoms with Gasteiger partial charge in [-0.25, -0.2) is 0 Å². The third kappa shape index (κ3) is 4.96. The third-order valence-electron chi connectivity index (χ3n) is 3.41. The van der Waals surface area contributed by atoms with E-state index in [9.17, 15) is 5.11 Å². The lowest BCUT2D eigenvalue weighted by Crippen LogP contribution is -2.33. The second kappa shape index (κ2) is 8.08. The molecule has 15 heavy (non-hydrogen) atoms. The lowest BCUT2D eigenvalue weighted by molar-refractivity contribution is 0.132. The highest BCUT2D eigenvalue weighted by Crippen LogP contribution is 2.28. The molecular formula is C12H25NO2. The second-order valence-corrected chi connectivity index (χ2v) is 4.54. The van der Waals surface area contributed by atoms with Crippen LogP contribution in [-0.4, -0.2) is 38.5 Å². The smallest absolute Gasteiger partial charge is 0.0474 e. The van der Waals surface area contributed by atoms with Crippen LogP contribution in [0.1, 0.15) is 32.1 Å². The third-order valence-corrected chi connectivity index (χ3v) is 3.41. The van der Waals surface area contributed by atoms with Crippen molar-refractivity contribution in [1.82, 2.24) is 5.32 Å². The van der Waals surface area contributed by atoms with Crippen molar-refractivity contribution in [2.45, 2.75) is 32.1 Å². The van der Waals surface area contributed by atoms with Crippen LogP contribution in [0.15, 0.2) is 0 Å². The first-order chi connectivity index (χ1) is 7.38.